The van der Waals surface area contributed by atoms with E-state index in [-0.39, 0.29) is 17.8 Å². The molecule has 0 aliphatic rings. The molecule has 2 rings (SSSR count). The van der Waals surface area contributed by atoms with Crippen LogP contribution in [-0.2, 0) is 11.2 Å². The fourth-order valence-electron chi connectivity index (χ4n) is 1.79. The molecule has 0 saturated heterocycles. The van der Waals surface area contributed by atoms with Gasteiger partial charge in [0.25, 0.3) is 5.56 Å². The minimum Gasteiger partial charge on any atom is -0.302 e. The SMILES string of the molecule is C/C(=N/NC(=O)Cc1c(C)[nH][nH]c1=O)c1ccc(F)cc1. The number of nitrogens with zero attached hydrogens (tertiary/aromatic N) is 1. The summed E-state index contributed by atoms with van der Waals surface area (Å²) in [4.78, 5) is 23.2. The molecule has 21 heavy (non-hydrogen) atoms. The molecule has 0 aliphatic heterocycles. The van der Waals surface area contributed by atoms with Crippen LogP contribution in [0.15, 0.2) is 34.2 Å². The Hall–Kier alpha value is -2.70. The Morgan fingerprint density at radius 2 is 1.95 bits per heavy atom. The van der Waals surface area contributed by atoms with Crippen molar-refractivity contribution < 1.29 is 9.18 Å². The highest BCUT2D eigenvalue weighted by molar-refractivity contribution is 5.99. The summed E-state index contributed by atoms with van der Waals surface area (Å²) in [5, 5.41) is 8.99. The number of aromatic nitrogens is 2. The summed E-state index contributed by atoms with van der Waals surface area (Å²) < 4.78 is 12.8. The topological polar surface area (TPSA) is 90.1 Å². The second-order valence-corrected chi connectivity index (χ2v) is 4.60. The van der Waals surface area contributed by atoms with Gasteiger partial charge in [0.1, 0.15) is 5.82 Å². The Morgan fingerprint density at radius 1 is 1.29 bits per heavy atom. The predicted molar refractivity (Wildman–Crippen MR) is 76.6 cm³/mol. The van der Waals surface area contributed by atoms with Crippen molar-refractivity contribution in [2.75, 3.05) is 0 Å². The van der Waals surface area contributed by atoms with Gasteiger partial charge in [-0.2, -0.15) is 5.10 Å². The lowest BCUT2D eigenvalue weighted by atomic mass is 10.1. The lowest BCUT2D eigenvalue weighted by molar-refractivity contribution is -0.120. The second kappa shape index (κ2) is 6.17. The van der Waals surface area contributed by atoms with Crippen LogP contribution in [0.4, 0.5) is 4.39 Å². The third-order valence-corrected chi connectivity index (χ3v) is 3.04. The van der Waals surface area contributed by atoms with Gasteiger partial charge in [-0.25, -0.2) is 9.82 Å². The fraction of sp³-hybridized carbons (Fsp3) is 0.214. The van der Waals surface area contributed by atoms with E-state index < -0.39 is 5.91 Å². The van der Waals surface area contributed by atoms with E-state index in [1.54, 1.807) is 26.0 Å². The zero-order chi connectivity index (χ0) is 15.4. The number of aromatic amines is 2. The normalized spacial score (nSPS) is 11.5. The molecule has 0 bridgehead atoms. The van der Waals surface area contributed by atoms with Crippen molar-refractivity contribution in [2.45, 2.75) is 20.3 Å². The van der Waals surface area contributed by atoms with Crippen LogP contribution in [0.1, 0.15) is 23.7 Å². The van der Waals surface area contributed by atoms with Crippen LogP contribution in [0.2, 0.25) is 0 Å². The van der Waals surface area contributed by atoms with Gasteiger partial charge in [-0.05, 0) is 31.5 Å². The van der Waals surface area contributed by atoms with Crippen LogP contribution in [-0.4, -0.2) is 21.8 Å². The summed E-state index contributed by atoms with van der Waals surface area (Å²) in [5.74, 6) is -0.734. The third-order valence-electron chi connectivity index (χ3n) is 3.04. The minimum atomic E-state index is -0.398. The summed E-state index contributed by atoms with van der Waals surface area (Å²) in [6.07, 6.45) is -0.0646. The molecule has 0 aliphatic carbocycles. The summed E-state index contributed by atoms with van der Waals surface area (Å²) in [6, 6.07) is 5.78. The molecule has 0 fully saturated rings. The monoisotopic (exact) mass is 290 g/mol. The van der Waals surface area contributed by atoms with E-state index in [4.69, 9.17) is 0 Å². The number of hydrogen-bond acceptors (Lipinski definition) is 3. The van der Waals surface area contributed by atoms with Crippen LogP contribution >= 0.6 is 0 Å². The Bertz CT molecular complexity index is 728. The van der Waals surface area contributed by atoms with E-state index in [1.807, 2.05) is 0 Å². The van der Waals surface area contributed by atoms with E-state index in [0.29, 0.717) is 22.5 Å². The average molecular weight is 290 g/mol. The number of hydrazone groups is 1. The first-order chi connectivity index (χ1) is 9.97. The van der Waals surface area contributed by atoms with Crippen molar-refractivity contribution >= 4 is 11.6 Å². The smallest absolute Gasteiger partial charge is 0.267 e. The highest BCUT2D eigenvalue weighted by Crippen LogP contribution is 2.04. The van der Waals surface area contributed by atoms with Gasteiger partial charge in [0.2, 0.25) is 5.91 Å². The molecule has 1 heterocycles. The number of aryl methyl sites for hydroxylation is 1. The highest BCUT2D eigenvalue weighted by atomic mass is 19.1. The lowest BCUT2D eigenvalue weighted by Gasteiger charge is -2.02. The maximum Gasteiger partial charge on any atom is 0.267 e. The van der Waals surface area contributed by atoms with Crippen molar-refractivity contribution in [1.29, 1.82) is 0 Å². The molecule has 0 saturated carbocycles. The Labute approximate surface area is 120 Å². The summed E-state index contributed by atoms with van der Waals surface area (Å²) in [6.45, 7) is 3.40. The third kappa shape index (κ3) is 3.65. The molecule has 1 aromatic carbocycles. The largest absolute Gasteiger partial charge is 0.302 e. The maximum atomic E-state index is 12.8. The molecule has 0 atom stereocenters. The molecule has 6 nitrogen and oxygen atoms in total. The minimum absolute atomic E-state index is 0.0646. The molecule has 0 radical (unpaired) electrons. The van der Waals surface area contributed by atoms with Gasteiger partial charge in [-0.1, -0.05) is 12.1 Å². The molecule has 1 aromatic heterocycles. The molecule has 3 N–H and O–H groups in total. The number of benzene rings is 1. The van der Waals surface area contributed by atoms with Gasteiger partial charge >= 0.3 is 0 Å². The zero-order valence-electron chi connectivity index (χ0n) is 11.7. The molecule has 110 valence electrons. The Kier molecular flexibility index (Phi) is 4.32. The second-order valence-electron chi connectivity index (χ2n) is 4.60. The van der Waals surface area contributed by atoms with E-state index in [2.05, 4.69) is 20.7 Å². The molecule has 7 heteroatoms. The van der Waals surface area contributed by atoms with Crippen molar-refractivity contribution in [3.8, 4) is 0 Å². The summed E-state index contributed by atoms with van der Waals surface area (Å²) in [7, 11) is 0. The molecule has 2 aromatic rings. The van der Waals surface area contributed by atoms with Gasteiger partial charge in [0.15, 0.2) is 0 Å². The van der Waals surface area contributed by atoms with E-state index in [1.165, 1.54) is 12.1 Å². The summed E-state index contributed by atoms with van der Waals surface area (Å²) >= 11 is 0. The number of rotatable bonds is 4. The first-order valence-electron chi connectivity index (χ1n) is 6.32. The Morgan fingerprint density at radius 3 is 2.52 bits per heavy atom. The van der Waals surface area contributed by atoms with Crippen LogP contribution in [0.25, 0.3) is 0 Å². The predicted octanol–water partition coefficient (Wildman–Crippen LogP) is 1.23. The van der Waals surface area contributed by atoms with Gasteiger partial charge in [-0.3, -0.25) is 14.7 Å². The van der Waals surface area contributed by atoms with Crippen molar-refractivity contribution in [3.63, 3.8) is 0 Å². The highest BCUT2D eigenvalue weighted by Gasteiger charge is 2.11. The molecule has 0 spiro atoms. The fourth-order valence-corrected chi connectivity index (χ4v) is 1.79. The van der Waals surface area contributed by atoms with E-state index >= 15 is 0 Å². The number of nitrogens with one attached hydrogen (secondary N) is 3. The first-order valence-corrected chi connectivity index (χ1v) is 6.32. The number of halogens is 1. The van der Waals surface area contributed by atoms with Crippen LogP contribution in [0.5, 0.6) is 0 Å². The maximum absolute atomic E-state index is 12.8. The number of carbonyl (C=O) groups is 1. The quantitative estimate of drug-likeness (QED) is 0.584. The molecular formula is C14H15FN4O2. The van der Waals surface area contributed by atoms with Gasteiger partial charge < -0.3 is 5.10 Å². The van der Waals surface area contributed by atoms with Crippen LogP contribution < -0.4 is 11.0 Å². The lowest BCUT2D eigenvalue weighted by Crippen LogP contribution is -2.24. The van der Waals surface area contributed by atoms with Crippen molar-refractivity contribution in [1.82, 2.24) is 15.6 Å². The average Bonchev–Trinajstić information content (AvgIpc) is 2.77. The van der Waals surface area contributed by atoms with Gasteiger partial charge in [0.05, 0.1) is 12.1 Å². The van der Waals surface area contributed by atoms with Gasteiger partial charge in [0, 0.05) is 11.3 Å². The molecule has 1 amide bonds. The van der Waals surface area contributed by atoms with E-state index in [9.17, 15) is 14.0 Å². The number of amides is 1. The zero-order valence-corrected chi connectivity index (χ0v) is 11.7. The van der Waals surface area contributed by atoms with Gasteiger partial charge in [-0.15, -0.1) is 0 Å². The first kappa shape index (κ1) is 14.7. The number of H-pyrrole nitrogens is 2. The summed E-state index contributed by atoms with van der Waals surface area (Å²) in [5.41, 5.74) is 4.30. The number of carbonyl (C=O) groups excluding carboxylic acids is 1. The molecule has 0 unspecified atom stereocenters. The van der Waals surface area contributed by atoms with E-state index in [0.717, 1.165) is 0 Å². The van der Waals surface area contributed by atoms with Crippen molar-refractivity contribution in [2.24, 2.45) is 5.10 Å². The Balaban J connectivity index is 2.01. The molecular weight excluding hydrogens is 275 g/mol. The van der Waals surface area contributed by atoms with Crippen LogP contribution in [0.3, 0.4) is 0 Å². The number of hydrogen-bond donors (Lipinski definition) is 3. The van der Waals surface area contributed by atoms with Crippen molar-refractivity contribution in [3.05, 3.63) is 57.3 Å². The standard InChI is InChI=1S/C14H15FN4O2/c1-8(10-3-5-11(15)6-4-10)16-18-13(20)7-12-9(2)17-19-14(12)21/h3-6H,7H2,1-2H3,(H,18,20)(H2,17,19,21)/b16-8-. The van der Waals surface area contributed by atoms with Crippen LogP contribution in [0, 0.1) is 12.7 Å².